The molecule has 2 aromatic carbocycles. The highest BCUT2D eigenvalue weighted by Crippen LogP contribution is 2.24. The highest BCUT2D eigenvalue weighted by Gasteiger charge is 2.12. The summed E-state index contributed by atoms with van der Waals surface area (Å²) in [5.74, 6) is -1.36. The lowest BCUT2D eigenvalue weighted by atomic mass is 10.0. The lowest BCUT2D eigenvalue weighted by molar-refractivity contribution is 0.0996. The Morgan fingerprint density at radius 3 is 2.48 bits per heavy atom. The van der Waals surface area contributed by atoms with Crippen molar-refractivity contribution in [1.82, 2.24) is 0 Å². The second-order valence-corrected chi connectivity index (χ2v) is 5.07. The van der Waals surface area contributed by atoms with Gasteiger partial charge in [0.1, 0.15) is 5.82 Å². The van der Waals surface area contributed by atoms with E-state index in [1.165, 1.54) is 17.7 Å². The van der Waals surface area contributed by atoms with Gasteiger partial charge in [0, 0.05) is 5.69 Å². The van der Waals surface area contributed by atoms with E-state index in [-0.39, 0.29) is 11.6 Å². The largest absolute Gasteiger partial charge is 0.378 e. The van der Waals surface area contributed by atoms with Gasteiger partial charge < -0.3 is 11.1 Å². The van der Waals surface area contributed by atoms with Crippen LogP contribution in [-0.4, -0.2) is 5.91 Å². The van der Waals surface area contributed by atoms with Gasteiger partial charge >= 0.3 is 0 Å². The van der Waals surface area contributed by atoms with Crippen molar-refractivity contribution in [2.75, 3.05) is 5.32 Å². The first-order valence-corrected chi connectivity index (χ1v) is 6.93. The standard InChI is InChI=1S/C17H19FN2O/c1-3-16(12-6-4-11(2)5-7-12)20-13-8-9-15(18)14(10-13)17(19)21/h4-10,16,20H,3H2,1-2H3,(H2,19,21). The van der Waals surface area contributed by atoms with Crippen molar-refractivity contribution < 1.29 is 9.18 Å². The molecule has 1 unspecified atom stereocenters. The number of nitrogens with two attached hydrogens (primary N) is 1. The van der Waals surface area contributed by atoms with Gasteiger partial charge in [0.25, 0.3) is 5.91 Å². The van der Waals surface area contributed by atoms with Crippen LogP contribution in [0.3, 0.4) is 0 Å². The van der Waals surface area contributed by atoms with Crippen molar-refractivity contribution >= 4 is 11.6 Å². The van der Waals surface area contributed by atoms with Crippen molar-refractivity contribution in [3.05, 3.63) is 65.0 Å². The van der Waals surface area contributed by atoms with E-state index < -0.39 is 11.7 Å². The Hall–Kier alpha value is -2.36. The molecule has 3 N–H and O–H groups in total. The summed E-state index contributed by atoms with van der Waals surface area (Å²) >= 11 is 0. The minimum atomic E-state index is -0.764. The number of carbonyl (C=O) groups is 1. The number of nitrogens with one attached hydrogen (secondary N) is 1. The third kappa shape index (κ3) is 3.60. The zero-order chi connectivity index (χ0) is 15.4. The van der Waals surface area contributed by atoms with E-state index in [2.05, 4.69) is 36.5 Å². The lowest BCUT2D eigenvalue weighted by Gasteiger charge is -2.19. The fourth-order valence-electron chi connectivity index (χ4n) is 2.22. The summed E-state index contributed by atoms with van der Waals surface area (Å²) in [7, 11) is 0. The molecule has 0 saturated heterocycles. The van der Waals surface area contributed by atoms with Crippen molar-refractivity contribution in [1.29, 1.82) is 0 Å². The molecule has 0 radical (unpaired) electrons. The van der Waals surface area contributed by atoms with Gasteiger partial charge in [-0.3, -0.25) is 4.79 Å². The Bertz CT molecular complexity index is 638. The molecule has 3 nitrogen and oxygen atoms in total. The van der Waals surface area contributed by atoms with Crippen LogP contribution in [0.15, 0.2) is 42.5 Å². The smallest absolute Gasteiger partial charge is 0.251 e. The van der Waals surface area contributed by atoms with E-state index >= 15 is 0 Å². The zero-order valence-electron chi connectivity index (χ0n) is 12.2. The van der Waals surface area contributed by atoms with Crippen LogP contribution in [0.1, 0.15) is 40.9 Å². The van der Waals surface area contributed by atoms with E-state index in [4.69, 9.17) is 5.73 Å². The maximum atomic E-state index is 13.5. The molecule has 0 aliphatic carbocycles. The summed E-state index contributed by atoms with van der Waals surface area (Å²) < 4.78 is 13.5. The molecule has 0 saturated carbocycles. The van der Waals surface area contributed by atoms with E-state index in [0.717, 1.165) is 12.0 Å². The Morgan fingerprint density at radius 1 is 1.24 bits per heavy atom. The summed E-state index contributed by atoms with van der Waals surface area (Å²) in [6, 6.07) is 12.6. The van der Waals surface area contributed by atoms with Gasteiger partial charge in [0.15, 0.2) is 0 Å². The molecule has 21 heavy (non-hydrogen) atoms. The second kappa shape index (κ2) is 6.39. The number of hydrogen-bond acceptors (Lipinski definition) is 2. The molecule has 0 aliphatic heterocycles. The summed E-state index contributed by atoms with van der Waals surface area (Å²) in [5, 5.41) is 3.31. The monoisotopic (exact) mass is 286 g/mol. The van der Waals surface area contributed by atoms with Crippen LogP contribution < -0.4 is 11.1 Å². The number of rotatable bonds is 5. The fourth-order valence-corrected chi connectivity index (χ4v) is 2.22. The fraction of sp³-hybridized carbons (Fsp3) is 0.235. The molecule has 4 heteroatoms. The number of anilines is 1. The van der Waals surface area contributed by atoms with E-state index in [0.29, 0.717) is 5.69 Å². The van der Waals surface area contributed by atoms with Gasteiger partial charge in [-0.1, -0.05) is 36.8 Å². The van der Waals surface area contributed by atoms with Gasteiger partial charge in [-0.25, -0.2) is 4.39 Å². The zero-order valence-corrected chi connectivity index (χ0v) is 12.2. The Labute approximate surface area is 124 Å². The lowest BCUT2D eigenvalue weighted by Crippen LogP contribution is -2.15. The van der Waals surface area contributed by atoms with Crippen LogP contribution in [0.2, 0.25) is 0 Å². The molecule has 0 bridgehead atoms. The van der Waals surface area contributed by atoms with Crippen LogP contribution in [0, 0.1) is 12.7 Å². The van der Waals surface area contributed by atoms with Crippen molar-refractivity contribution in [3.8, 4) is 0 Å². The number of hydrogen-bond donors (Lipinski definition) is 2. The minimum absolute atomic E-state index is 0.0942. The van der Waals surface area contributed by atoms with Gasteiger partial charge in [-0.15, -0.1) is 0 Å². The Morgan fingerprint density at radius 2 is 1.90 bits per heavy atom. The molecule has 2 aromatic rings. The van der Waals surface area contributed by atoms with Crippen LogP contribution >= 0.6 is 0 Å². The average Bonchev–Trinajstić information content (AvgIpc) is 2.47. The van der Waals surface area contributed by atoms with Crippen LogP contribution in [-0.2, 0) is 0 Å². The molecule has 1 atom stereocenters. The molecular weight excluding hydrogens is 267 g/mol. The second-order valence-electron chi connectivity index (χ2n) is 5.07. The topological polar surface area (TPSA) is 55.1 Å². The first-order chi connectivity index (χ1) is 10.0. The van der Waals surface area contributed by atoms with Gasteiger partial charge in [-0.2, -0.15) is 0 Å². The highest BCUT2D eigenvalue weighted by atomic mass is 19.1. The number of halogens is 1. The number of aryl methyl sites for hydroxylation is 1. The Balaban J connectivity index is 2.24. The molecular formula is C17H19FN2O. The van der Waals surface area contributed by atoms with E-state index in [9.17, 15) is 9.18 Å². The maximum absolute atomic E-state index is 13.5. The number of benzene rings is 2. The van der Waals surface area contributed by atoms with Crippen LogP contribution in [0.4, 0.5) is 10.1 Å². The SMILES string of the molecule is CCC(Nc1ccc(F)c(C(N)=O)c1)c1ccc(C)cc1. The number of amides is 1. The first kappa shape index (κ1) is 15.0. The number of primary amides is 1. The van der Waals surface area contributed by atoms with Crippen LogP contribution in [0.25, 0.3) is 0 Å². The quantitative estimate of drug-likeness (QED) is 0.878. The molecule has 0 aliphatic rings. The molecule has 0 heterocycles. The minimum Gasteiger partial charge on any atom is -0.378 e. The summed E-state index contributed by atoms with van der Waals surface area (Å²) in [6.07, 6.45) is 0.867. The summed E-state index contributed by atoms with van der Waals surface area (Å²) in [5.41, 5.74) is 8.09. The van der Waals surface area contributed by atoms with E-state index in [1.807, 2.05) is 6.92 Å². The first-order valence-electron chi connectivity index (χ1n) is 6.93. The Kier molecular flexibility index (Phi) is 4.58. The van der Waals surface area contributed by atoms with Crippen molar-refractivity contribution in [2.45, 2.75) is 26.3 Å². The maximum Gasteiger partial charge on any atom is 0.251 e. The average molecular weight is 286 g/mol. The summed E-state index contributed by atoms with van der Waals surface area (Å²) in [4.78, 5) is 11.2. The summed E-state index contributed by atoms with van der Waals surface area (Å²) in [6.45, 7) is 4.10. The van der Waals surface area contributed by atoms with Gasteiger partial charge in [-0.05, 0) is 37.1 Å². The molecule has 0 fully saturated rings. The molecule has 2 rings (SSSR count). The van der Waals surface area contributed by atoms with E-state index in [1.54, 1.807) is 6.07 Å². The highest BCUT2D eigenvalue weighted by molar-refractivity contribution is 5.94. The third-order valence-corrected chi connectivity index (χ3v) is 3.46. The number of carbonyl (C=O) groups excluding carboxylic acids is 1. The predicted octanol–water partition coefficient (Wildman–Crippen LogP) is 3.80. The van der Waals surface area contributed by atoms with Crippen LogP contribution in [0.5, 0.6) is 0 Å². The van der Waals surface area contributed by atoms with Crippen molar-refractivity contribution in [3.63, 3.8) is 0 Å². The molecule has 0 aromatic heterocycles. The normalized spacial score (nSPS) is 12.0. The van der Waals surface area contributed by atoms with Gasteiger partial charge in [0.2, 0.25) is 0 Å². The van der Waals surface area contributed by atoms with Crippen molar-refractivity contribution in [2.24, 2.45) is 5.73 Å². The third-order valence-electron chi connectivity index (χ3n) is 3.46. The van der Waals surface area contributed by atoms with Gasteiger partial charge in [0.05, 0.1) is 11.6 Å². The molecule has 1 amide bonds. The molecule has 110 valence electrons. The predicted molar refractivity (Wildman–Crippen MR) is 82.8 cm³/mol. The molecule has 0 spiro atoms.